The molecule has 0 aliphatic rings. The van der Waals surface area contributed by atoms with Gasteiger partial charge in [0.1, 0.15) is 11.3 Å². The Labute approximate surface area is 136 Å². The molecule has 3 rings (SSSR count). The number of fused-ring (bicyclic) bond motifs is 1. The summed E-state index contributed by atoms with van der Waals surface area (Å²) in [5.41, 5.74) is 1.82. The molecule has 2 aromatic carbocycles. The van der Waals surface area contributed by atoms with Gasteiger partial charge in [0.05, 0.1) is 7.11 Å². The highest BCUT2D eigenvalue weighted by atomic mass is 32.2. The summed E-state index contributed by atoms with van der Waals surface area (Å²) in [5.74, 6) is 0.601. The van der Waals surface area contributed by atoms with Crippen molar-refractivity contribution in [3.8, 4) is 5.75 Å². The first kappa shape index (κ1) is 15.6. The van der Waals surface area contributed by atoms with E-state index in [1.807, 2.05) is 32.0 Å². The SMILES string of the molecule is COc1ccc2cc([S+]([O-])c3cc(C)cc(C)c3)c(=O)oc2c1. The van der Waals surface area contributed by atoms with E-state index in [4.69, 9.17) is 9.15 Å². The van der Waals surface area contributed by atoms with Gasteiger partial charge >= 0.3 is 5.63 Å². The van der Waals surface area contributed by atoms with Crippen molar-refractivity contribution in [1.82, 2.24) is 0 Å². The fraction of sp³-hybridized carbons (Fsp3) is 0.167. The van der Waals surface area contributed by atoms with Gasteiger partial charge in [0.2, 0.25) is 4.90 Å². The van der Waals surface area contributed by atoms with Crippen LogP contribution in [0.2, 0.25) is 0 Å². The van der Waals surface area contributed by atoms with Gasteiger partial charge in [-0.2, -0.15) is 0 Å². The van der Waals surface area contributed by atoms with Crippen LogP contribution in [0, 0.1) is 13.8 Å². The molecular formula is C18H16O4S. The van der Waals surface area contributed by atoms with Gasteiger partial charge in [-0.05, 0) is 49.2 Å². The van der Waals surface area contributed by atoms with E-state index in [1.54, 1.807) is 31.4 Å². The summed E-state index contributed by atoms with van der Waals surface area (Å²) in [4.78, 5) is 13.0. The molecule has 1 heterocycles. The molecule has 0 aliphatic carbocycles. The van der Waals surface area contributed by atoms with Gasteiger partial charge in [-0.1, -0.05) is 6.07 Å². The van der Waals surface area contributed by atoms with E-state index in [-0.39, 0.29) is 4.90 Å². The molecule has 0 N–H and O–H groups in total. The predicted molar refractivity (Wildman–Crippen MR) is 89.6 cm³/mol. The van der Waals surface area contributed by atoms with Crippen molar-refractivity contribution in [3.63, 3.8) is 0 Å². The van der Waals surface area contributed by atoms with Crippen molar-refractivity contribution in [1.29, 1.82) is 0 Å². The highest BCUT2D eigenvalue weighted by molar-refractivity contribution is 7.91. The van der Waals surface area contributed by atoms with E-state index in [2.05, 4.69) is 0 Å². The fourth-order valence-corrected chi connectivity index (χ4v) is 3.76. The summed E-state index contributed by atoms with van der Waals surface area (Å²) in [5, 5.41) is 0.707. The minimum Gasteiger partial charge on any atom is -0.606 e. The number of ether oxygens (including phenoxy) is 1. The van der Waals surface area contributed by atoms with Crippen molar-refractivity contribution < 1.29 is 13.7 Å². The Morgan fingerprint density at radius 3 is 2.39 bits per heavy atom. The van der Waals surface area contributed by atoms with Gasteiger partial charge in [-0.15, -0.1) is 0 Å². The second-order valence-corrected chi connectivity index (χ2v) is 6.84. The fourth-order valence-electron chi connectivity index (χ4n) is 2.50. The summed E-state index contributed by atoms with van der Waals surface area (Å²) in [7, 11) is 1.54. The molecule has 3 aromatic rings. The van der Waals surface area contributed by atoms with E-state index in [9.17, 15) is 9.35 Å². The lowest BCUT2D eigenvalue weighted by molar-refractivity contribution is 0.414. The highest BCUT2D eigenvalue weighted by Gasteiger charge is 2.22. The van der Waals surface area contributed by atoms with Crippen LogP contribution in [0.1, 0.15) is 11.1 Å². The molecule has 0 saturated heterocycles. The lowest BCUT2D eigenvalue weighted by Crippen LogP contribution is -2.14. The van der Waals surface area contributed by atoms with Crippen LogP contribution in [-0.4, -0.2) is 11.7 Å². The van der Waals surface area contributed by atoms with Crippen LogP contribution < -0.4 is 10.4 Å². The van der Waals surface area contributed by atoms with Gasteiger partial charge in [0.15, 0.2) is 4.90 Å². The van der Waals surface area contributed by atoms with E-state index >= 15 is 0 Å². The molecule has 0 amide bonds. The lowest BCUT2D eigenvalue weighted by Gasteiger charge is -2.11. The monoisotopic (exact) mass is 328 g/mol. The van der Waals surface area contributed by atoms with Gasteiger partial charge in [0.25, 0.3) is 0 Å². The van der Waals surface area contributed by atoms with E-state index in [1.165, 1.54) is 0 Å². The van der Waals surface area contributed by atoms with Gasteiger partial charge < -0.3 is 13.7 Å². The van der Waals surface area contributed by atoms with Crippen LogP contribution in [0.15, 0.2) is 61.5 Å². The molecule has 1 aromatic heterocycles. The molecule has 4 nitrogen and oxygen atoms in total. The predicted octanol–water partition coefficient (Wildman–Crippen LogP) is 3.59. The van der Waals surface area contributed by atoms with Crippen molar-refractivity contribution >= 4 is 22.1 Å². The number of aryl methyl sites for hydroxylation is 2. The second-order valence-electron chi connectivity index (χ2n) is 5.39. The first-order valence-corrected chi connectivity index (χ1v) is 8.25. The summed E-state index contributed by atoms with van der Waals surface area (Å²) in [6.45, 7) is 3.87. The first-order valence-electron chi connectivity index (χ1n) is 7.10. The maximum Gasteiger partial charge on any atom is 0.392 e. The smallest absolute Gasteiger partial charge is 0.392 e. The molecule has 23 heavy (non-hydrogen) atoms. The zero-order chi connectivity index (χ0) is 16.6. The number of benzene rings is 2. The summed E-state index contributed by atoms with van der Waals surface area (Å²) in [6, 6.07) is 12.4. The van der Waals surface area contributed by atoms with Crippen molar-refractivity contribution in [2.75, 3.05) is 7.11 Å². The topological polar surface area (TPSA) is 62.5 Å². The molecule has 0 aliphatic heterocycles. The second kappa shape index (κ2) is 6.10. The third-order valence-electron chi connectivity index (χ3n) is 3.52. The standard InChI is InChI=1S/C18H16O4S/c1-11-6-12(2)8-15(7-11)23(20)17-9-13-4-5-14(21-3)10-16(13)22-18(17)19/h4-10H,1-3H3. The van der Waals surface area contributed by atoms with Crippen LogP contribution in [0.25, 0.3) is 11.0 Å². The number of hydrogen-bond acceptors (Lipinski definition) is 4. The van der Waals surface area contributed by atoms with Crippen LogP contribution in [0.3, 0.4) is 0 Å². The molecule has 0 spiro atoms. The van der Waals surface area contributed by atoms with Crippen LogP contribution in [-0.2, 0) is 11.2 Å². The molecule has 0 bridgehead atoms. The largest absolute Gasteiger partial charge is 0.606 e. The quantitative estimate of drug-likeness (QED) is 0.544. The summed E-state index contributed by atoms with van der Waals surface area (Å²) < 4.78 is 23.2. The van der Waals surface area contributed by atoms with Crippen LogP contribution in [0.4, 0.5) is 0 Å². The molecule has 1 unspecified atom stereocenters. The van der Waals surface area contributed by atoms with Crippen molar-refractivity contribution in [2.45, 2.75) is 23.6 Å². The zero-order valence-electron chi connectivity index (χ0n) is 13.1. The third kappa shape index (κ3) is 3.11. The average molecular weight is 328 g/mol. The minimum absolute atomic E-state index is 0.146. The molecule has 118 valence electrons. The molecule has 5 heteroatoms. The maximum absolute atomic E-state index is 12.8. The highest BCUT2D eigenvalue weighted by Crippen LogP contribution is 2.25. The van der Waals surface area contributed by atoms with E-state index in [0.717, 1.165) is 11.1 Å². The van der Waals surface area contributed by atoms with Gasteiger partial charge in [0, 0.05) is 28.7 Å². The van der Waals surface area contributed by atoms with E-state index < -0.39 is 16.8 Å². The van der Waals surface area contributed by atoms with Crippen molar-refractivity contribution in [2.24, 2.45) is 0 Å². The Balaban J connectivity index is 2.11. The number of hydrogen-bond donors (Lipinski definition) is 0. The van der Waals surface area contributed by atoms with E-state index in [0.29, 0.717) is 21.6 Å². The number of rotatable bonds is 3. The molecule has 0 radical (unpaired) electrons. The lowest BCUT2D eigenvalue weighted by atomic mass is 10.2. The van der Waals surface area contributed by atoms with Gasteiger partial charge in [-0.25, -0.2) is 4.79 Å². The Kier molecular flexibility index (Phi) is 4.15. The van der Waals surface area contributed by atoms with Gasteiger partial charge in [-0.3, -0.25) is 0 Å². The Bertz CT molecular complexity index is 910. The van der Waals surface area contributed by atoms with Crippen molar-refractivity contribution in [3.05, 3.63) is 64.0 Å². The molecule has 0 saturated carbocycles. The summed E-state index contributed by atoms with van der Waals surface area (Å²) in [6.07, 6.45) is 0. The third-order valence-corrected chi connectivity index (χ3v) is 4.87. The zero-order valence-corrected chi connectivity index (χ0v) is 13.9. The Hall–Kier alpha value is -2.24. The maximum atomic E-state index is 12.8. The Morgan fingerprint density at radius 1 is 1.04 bits per heavy atom. The first-order chi connectivity index (χ1) is 11.0. The molecular weight excluding hydrogens is 312 g/mol. The molecule has 1 atom stereocenters. The number of methoxy groups -OCH3 is 1. The summed E-state index contributed by atoms with van der Waals surface area (Å²) >= 11 is -1.58. The normalized spacial score (nSPS) is 12.3. The minimum atomic E-state index is -1.58. The Morgan fingerprint density at radius 2 is 1.74 bits per heavy atom. The molecule has 0 fully saturated rings. The average Bonchev–Trinajstić information content (AvgIpc) is 2.52. The van der Waals surface area contributed by atoms with Crippen LogP contribution in [0.5, 0.6) is 5.75 Å². The van der Waals surface area contributed by atoms with Crippen LogP contribution >= 0.6 is 0 Å².